The number of halogens is 2. The Morgan fingerprint density at radius 1 is 1.15 bits per heavy atom. The lowest BCUT2D eigenvalue weighted by atomic mass is 10.1. The molecule has 3 aromatic rings. The van der Waals surface area contributed by atoms with Crippen LogP contribution in [0.25, 0.3) is 10.9 Å². The number of likely N-dealkylation sites (tertiary alicyclic amines) is 1. The van der Waals surface area contributed by atoms with E-state index in [1.54, 1.807) is 18.2 Å². The third-order valence-electron chi connectivity index (χ3n) is 7.84. The number of anilines is 3. The van der Waals surface area contributed by atoms with Crippen LogP contribution in [0, 0.1) is 17.7 Å². The van der Waals surface area contributed by atoms with Crippen LogP contribution in [-0.4, -0.2) is 84.8 Å². The number of hydrogen-bond donors (Lipinski definition) is 2. The van der Waals surface area contributed by atoms with Crippen LogP contribution in [-0.2, 0) is 9.53 Å². The van der Waals surface area contributed by atoms with Gasteiger partial charge in [0.2, 0.25) is 5.91 Å². The molecule has 1 saturated carbocycles. The Morgan fingerprint density at radius 3 is 2.78 bits per heavy atom. The largest absolute Gasteiger partial charge is 0.491 e. The number of carbonyl (C=O) groups is 1. The number of amides is 1. The molecule has 41 heavy (non-hydrogen) atoms. The Morgan fingerprint density at radius 2 is 1.98 bits per heavy atom. The van der Waals surface area contributed by atoms with Crippen molar-refractivity contribution in [2.24, 2.45) is 11.8 Å². The van der Waals surface area contributed by atoms with E-state index in [9.17, 15) is 9.18 Å². The molecular formula is C30H34ClFN6O3. The number of nitrogens with zero attached hydrogens (tertiary/aromatic N) is 4. The highest BCUT2D eigenvalue weighted by molar-refractivity contribution is 6.31. The molecule has 3 aliphatic rings. The van der Waals surface area contributed by atoms with Crippen molar-refractivity contribution in [2.45, 2.75) is 12.8 Å². The molecule has 2 aliphatic heterocycles. The number of rotatable bonds is 11. The maximum atomic E-state index is 13.7. The van der Waals surface area contributed by atoms with E-state index >= 15 is 0 Å². The number of fused-ring (bicyclic) bond motifs is 2. The maximum absolute atomic E-state index is 13.7. The summed E-state index contributed by atoms with van der Waals surface area (Å²) < 4.78 is 25.3. The number of piperidine rings is 1. The Labute approximate surface area is 243 Å². The summed E-state index contributed by atoms with van der Waals surface area (Å²) in [5.41, 5.74) is 1.74. The number of ether oxygens (including phenoxy) is 2. The Kier molecular flexibility index (Phi) is 8.62. The highest BCUT2D eigenvalue weighted by Crippen LogP contribution is 2.44. The van der Waals surface area contributed by atoms with E-state index in [1.165, 1.54) is 24.9 Å². The highest BCUT2D eigenvalue weighted by Gasteiger charge is 2.44. The molecule has 2 aromatic carbocycles. The van der Waals surface area contributed by atoms with E-state index in [1.807, 2.05) is 12.1 Å². The quantitative estimate of drug-likeness (QED) is 0.249. The van der Waals surface area contributed by atoms with E-state index in [0.29, 0.717) is 40.5 Å². The number of nitrogens with one attached hydrogen (secondary N) is 2. The first-order chi connectivity index (χ1) is 20.0. The molecule has 6 rings (SSSR count). The third-order valence-corrected chi connectivity index (χ3v) is 8.13. The van der Waals surface area contributed by atoms with Crippen LogP contribution in [0.5, 0.6) is 5.75 Å². The van der Waals surface area contributed by atoms with E-state index in [0.717, 1.165) is 70.7 Å². The predicted octanol–water partition coefficient (Wildman–Crippen LogP) is 4.71. The standard InChI is InChI=1S/C30H34ClFN6O3/c31-24-14-22(4-5-25(24)32)35-30-23-15-27(36-29(39)3-1-6-38-17-20-13-21(20)18-38)28(16-26(23)33-19-34-30)41-10-2-7-37-8-11-40-12-9-37/h1,3-5,14-16,19-21H,2,6-13,17-18H2,(H,36,39)(H,33,34,35)/b3-1+. The fourth-order valence-corrected chi connectivity index (χ4v) is 5.71. The van der Waals surface area contributed by atoms with Crippen LogP contribution in [0.2, 0.25) is 5.02 Å². The fourth-order valence-electron chi connectivity index (χ4n) is 5.53. The van der Waals surface area contributed by atoms with Gasteiger partial charge in [0.25, 0.3) is 0 Å². The van der Waals surface area contributed by atoms with Crippen molar-refractivity contribution in [2.75, 3.05) is 69.7 Å². The minimum Gasteiger partial charge on any atom is -0.491 e. The van der Waals surface area contributed by atoms with Crippen LogP contribution in [0.1, 0.15) is 12.8 Å². The van der Waals surface area contributed by atoms with Gasteiger partial charge in [0.1, 0.15) is 23.7 Å². The minimum absolute atomic E-state index is 0.00632. The lowest BCUT2D eigenvalue weighted by Gasteiger charge is -2.26. The van der Waals surface area contributed by atoms with Crippen molar-refractivity contribution in [1.29, 1.82) is 0 Å². The fraction of sp³-hybridized carbons (Fsp3) is 0.433. The molecule has 2 saturated heterocycles. The second-order valence-electron chi connectivity index (χ2n) is 10.9. The van der Waals surface area contributed by atoms with Crippen LogP contribution < -0.4 is 15.4 Å². The van der Waals surface area contributed by atoms with Gasteiger partial charge in [-0.1, -0.05) is 17.7 Å². The second kappa shape index (κ2) is 12.7. The number of hydrogen-bond acceptors (Lipinski definition) is 8. The normalized spacial score (nSPS) is 20.8. The van der Waals surface area contributed by atoms with Gasteiger partial charge in [-0.05, 0) is 48.9 Å². The first-order valence-corrected chi connectivity index (χ1v) is 14.5. The third kappa shape index (κ3) is 7.13. The van der Waals surface area contributed by atoms with Crippen molar-refractivity contribution in [1.82, 2.24) is 19.8 Å². The van der Waals surface area contributed by atoms with Crippen molar-refractivity contribution in [3.8, 4) is 5.75 Å². The van der Waals surface area contributed by atoms with E-state index in [2.05, 4.69) is 30.4 Å². The van der Waals surface area contributed by atoms with Gasteiger partial charge in [0.05, 0.1) is 36.0 Å². The summed E-state index contributed by atoms with van der Waals surface area (Å²) in [7, 11) is 0. The van der Waals surface area contributed by atoms with Crippen molar-refractivity contribution in [3.05, 3.63) is 59.7 Å². The summed E-state index contributed by atoms with van der Waals surface area (Å²) in [4.78, 5) is 26.5. The first kappa shape index (κ1) is 27.8. The van der Waals surface area contributed by atoms with Gasteiger partial charge in [-0.3, -0.25) is 14.6 Å². The molecule has 2 unspecified atom stereocenters. The molecule has 216 valence electrons. The molecule has 1 aromatic heterocycles. The maximum Gasteiger partial charge on any atom is 0.248 e. The highest BCUT2D eigenvalue weighted by atomic mass is 35.5. The summed E-state index contributed by atoms with van der Waals surface area (Å²) in [6, 6.07) is 7.98. The molecule has 1 amide bonds. The molecule has 2 N–H and O–H groups in total. The Hall–Kier alpha value is -3.31. The van der Waals surface area contributed by atoms with E-state index in [4.69, 9.17) is 21.1 Å². The smallest absolute Gasteiger partial charge is 0.248 e. The zero-order valence-corrected chi connectivity index (χ0v) is 23.6. The SMILES string of the molecule is O=C(/C=C/CN1CC2CC2C1)Nc1cc2c(Nc3ccc(F)c(Cl)c3)ncnc2cc1OCCCN1CCOCC1. The van der Waals surface area contributed by atoms with Gasteiger partial charge < -0.3 is 20.1 Å². The van der Waals surface area contributed by atoms with Crippen LogP contribution in [0.3, 0.4) is 0 Å². The molecule has 0 spiro atoms. The van der Waals surface area contributed by atoms with Gasteiger partial charge in [-0.25, -0.2) is 14.4 Å². The van der Waals surface area contributed by atoms with Gasteiger partial charge in [0.15, 0.2) is 0 Å². The Balaban J connectivity index is 1.19. The number of benzene rings is 2. The molecule has 1 aliphatic carbocycles. The van der Waals surface area contributed by atoms with E-state index < -0.39 is 5.82 Å². The Bertz CT molecular complexity index is 1420. The van der Waals surface area contributed by atoms with Gasteiger partial charge >= 0.3 is 0 Å². The van der Waals surface area contributed by atoms with Crippen molar-refractivity contribution < 1.29 is 18.7 Å². The van der Waals surface area contributed by atoms with Gasteiger partial charge in [0, 0.05) is 62.5 Å². The van der Waals surface area contributed by atoms with E-state index in [-0.39, 0.29) is 10.9 Å². The average Bonchev–Trinajstić information content (AvgIpc) is 3.59. The molecule has 3 fully saturated rings. The van der Waals surface area contributed by atoms with Crippen LogP contribution >= 0.6 is 11.6 Å². The zero-order chi connectivity index (χ0) is 28.2. The second-order valence-corrected chi connectivity index (χ2v) is 11.3. The van der Waals surface area contributed by atoms with Crippen molar-refractivity contribution in [3.63, 3.8) is 0 Å². The summed E-state index contributed by atoms with van der Waals surface area (Å²) in [5.74, 6) is 2.01. The summed E-state index contributed by atoms with van der Waals surface area (Å²) in [6.45, 7) is 7.79. The monoisotopic (exact) mass is 580 g/mol. The van der Waals surface area contributed by atoms with Crippen LogP contribution in [0.15, 0.2) is 48.8 Å². The van der Waals surface area contributed by atoms with Gasteiger partial charge in [-0.2, -0.15) is 0 Å². The molecule has 2 atom stereocenters. The first-order valence-electron chi connectivity index (χ1n) is 14.2. The molecule has 0 bridgehead atoms. The molecule has 11 heteroatoms. The number of aromatic nitrogens is 2. The minimum atomic E-state index is -0.500. The number of carbonyl (C=O) groups excluding carboxylic acids is 1. The van der Waals surface area contributed by atoms with Gasteiger partial charge in [-0.15, -0.1) is 0 Å². The van der Waals surface area contributed by atoms with Crippen LogP contribution in [0.4, 0.5) is 21.6 Å². The average molecular weight is 581 g/mol. The summed E-state index contributed by atoms with van der Waals surface area (Å²) in [5, 5.41) is 6.86. The number of morpholine rings is 1. The molecule has 3 heterocycles. The summed E-state index contributed by atoms with van der Waals surface area (Å²) in [6.07, 6.45) is 7.13. The molecule has 0 radical (unpaired) electrons. The summed E-state index contributed by atoms with van der Waals surface area (Å²) >= 11 is 5.97. The predicted molar refractivity (Wildman–Crippen MR) is 157 cm³/mol. The zero-order valence-electron chi connectivity index (χ0n) is 22.8. The lowest BCUT2D eigenvalue weighted by Crippen LogP contribution is -2.37. The topological polar surface area (TPSA) is 91.9 Å². The molecular weight excluding hydrogens is 547 g/mol. The molecule has 9 nitrogen and oxygen atoms in total. The lowest BCUT2D eigenvalue weighted by molar-refractivity contribution is -0.111. The van der Waals surface area contributed by atoms with Crippen molar-refractivity contribution >= 4 is 45.6 Å².